The zero-order valence-corrected chi connectivity index (χ0v) is 14.1. The van der Waals surface area contributed by atoms with E-state index in [0.717, 1.165) is 25.9 Å². The summed E-state index contributed by atoms with van der Waals surface area (Å²) in [7, 11) is 5.68. The zero-order chi connectivity index (χ0) is 16.8. The number of amides is 2. The first kappa shape index (κ1) is 17.4. The van der Waals surface area contributed by atoms with Crippen LogP contribution in [-0.2, 0) is 4.79 Å². The summed E-state index contributed by atoms with van der Waals surface area (Å²) in [6.45, 7) is 2.28. The van der Waals surface area contributed by atoms with Gasteiger partial charge in [-0.15, -0.1) is 0 Å². The van der Waals surface area contributed by atoms with Crippen molar-refractivity contribution < 1.29 is 9.59 Å². The molecule has 0 saturated carbocycles. The molecule has 1 fully saturated rings. The third-order valence-electron chi connectivity index (χ3n) is 4.22. The predicted molar refractivity (Wildman–Crippen MR) is 91.6 cm³/mol. The molecule has 0 spiro atoms. The number of carbonyl (C=O) groups excluding carboxylic acids is 2. The van der Waals surface area contributed by atoms with Crippen LogP contribution < -0.4 is 10.6 Å². The van der Waals surface area contributed by atoms with Gasteiger partial charge in [0.15, 0.2) is 0 Å². The topological polar surface area (TPSA) is 64.7 Å². The summed E-state index contributed by atoms with van der Waals surface area (Å²) in [5.41, 5.74) is 1.34. The van der Waals surface area contributed by atoms with Crippen LogP contribution in [0.4, 0.5) is 5.69 Å². The second-order valence-electron chi connectivity index (χ2n) is 6.13. The molecule has 23 heavy (non-hydrogen) atoms. The maximum Gasteiger partial charge on any atom is 0.253 e. The molecule has 2 rings (SSSR count). The molecule has 0 radical (unpaired) electrons. The Morgan fingerprint density at radius 1 is 1.30 bits per heavy atom. The average Bonchev–Trinajstić information content (AvgIpc) is 2.54. The second-order valence-corrected chi connectivity index (χ2v) is 6.13. The molecule has 6 heteroatoms. The average molecular weight is 318 g/mol. The van der Waals surface area contributed by atoms with Crippen LogP contribution in [0.2, 0.25) is 0 Å². The van der Waals surface area contributed by atoms with Crippen molar-refractivity contribution in [3.05, 3.63) is 29.8 Å². The number of nitrogens with zero attached hydrogens (tertiary/aromatic N) is 2. The van der Waals surface area contributed by atoms with Gasteiger partial charge in [-0.25, -0.2) is 0 Å². The minimum atomic E-state index is -0.103. The molecular weight excluding hydrogens is 292 g/mol. The standard InChI is InChI=1S/C17H26N4O2/c1-18-11-16(22)19-14-8-6-13(7-9-14)17(23)21(3)15-5-4-10-20(2)12-15/h6-9,15,18H,4-5,10-12H2,1-3H3,(H,19,22)/t15-/m1/s1. The molecule has 126 valence electrons. The van der Waals surface area contributed by atoms with Crippen molar-refractivity contribution in [3.8, 4) is 0 Å². The number of nitrogens with one attached hydrogen (secondary N) is 2. The monoisotopic (exact) mass is 318 g/mol. The Kier molecular flexibility index (Phi) is 6.12. The number of hydrogen-bond donors (Lipinski definition) is 2. The Hall–Kier alpha value is -1.92. The second kappa shape index (κ2) is 8.08. The summed E-state index contributed by atoms with van der Waals surface area (Å²) in [5, 5.41) is 5.57. The highest BCUT2D eigenvalue weighted by Crippen LogP contribution is 2.17. The van der Waals surface area contributed by atoms with E-state index in [1.807, 2.05) is 11.9 Å². The Bertz CT molecular complexity index is 544. The van der Waals surface area contributed by atoms with Gasteiger partial charge in [-0.05, 0) is 57.7 Å². The van der Waals surface area contributed by atoms with Gasteiger partial charge in [0, 0.05) is 30.9 Å². The quantitative estimate of drug-likeness (QED) is 0.850. The summed E-state index contributed by atoms with van der Waals surface area (Å²) < 4.78 is 0. The summed E-state index contributed by atoms with van der Waals surface area (Å²) in [4.78, 5) is 28.2. The lowest BCUT2D eigenvalue weighted by Crippen LogP contribution is -2.47. The Balaban J connectivity index is 1.97. The third-order valence-corrected chi connectivity index (χ3v) is 4.22. The van der Waals surface area contributed by atoms with Crippen LogP contribution in [0.3, 0.4) is 0 Å². The van der Waals surface area contributed by atoms with Crippen molar-refractivity contribution in [2.24, 2.45) is 0 Å². The molecule has 0 bridgehead atoms. The van der Waals surface area contributed by atoms with E-state index in [9.17, 15) is 9.59 Å². The first-order valence-electron chi connectivity index (χ1n) is 8.01. The zero-order valence-electron chi connectivity index (χ0n) is 14.1. The molecule has 0 aromatic heterocycles. The lowest BCUT2D eigenvalue weighted by Gasteiger charge is -2.35. The Labute approximate surface area is 137 Å². The van der Waals surface area contributed by atoms with Gasteiger partial charge in [0.2, 0.25) is 5.91 Å². The van der Waals surface area contributed by atoms with E-state index in [-0.39, 0.29) is 24.4 Å². The number of hydrogen-bond acceptors (Lipinski definition) is 4. The summed E-state index contributed by atoms with van der Waals surface area (Å²) >= 11 is 0. The van der Waals surface area contributed by atoms with E-state index in [1.165, 1.54) is 0 Å². The smallest absolute Gasteiger partial charge is 0.253 e. The van der Waals surface area contributed by atoms with E-state index < -0.39 is 0 Å². The molecule has 2 amide bonds. The van der Waals surface area contributed by atoms with Gasteiger partial charge in [-0.2, -0.15) is 0 Å². The molecule has 6 nitrogen and oxygen atoms in total. The number of piperidine rings is 1. The van der Waals surface area contributed by atoms with Crippen molar-refractivity contribution in [1.82, 2.24) is 15.1 Å². The van der Waals surface area contributed by atoms with Gasteiger partial charge in [-0.3, -0.25) is 9.59 Å². The largest absolute Gasteiger partial charge is 0.337 e. The molecule has 1 aliphatic rings. The molecule has 0 aliphatic carbocycles. The highest BCUT2D eigenvalue weighted by molar-refractivity contribution is 5.96. The van der Waals surface area contributed by atoms with Crippen LogP contribution >= 0.6 is 0 Å². The third kappa shape index (κ3) is 4.77. The number of carbonyl (C=O) groups is 2. The van der Waals surface area contributed by atoms with Gasteiger partial charge >= 0.3 is 0 Å². The molecule has 1 heterocycles. The normalized spacial score (nSPS) is 18.5. The molecule has 1 aromatic rings. The van der Waals surface area contributed by atoms with E-state index in [4.69, 9.17) is 0 Å². The Morgan fingerprint density at radius 3 is 2.61 bits per heavy atom. The van der Waals surface area contributed by atoms with Crippen LogP contribution in [0.25, 0.3) is 0 Å². The maximum absolute atomic E-state index is 12.6. The van der Waals surface area contributed by atoms with E-state index >= 15 is 0 Å². The van der Waals surface area contributed by atoms with Crippen molar-refractivity contribution in [2.75, 3.05) is 46.1 Å². The molecular formula is C17H26N4O2. The fourth-order valence-corrected chi connectivity index (χ4v) is 2.89. The fourth-order valence-electron chi connectivity index (χ4n) is 2.89. The van der Waals surface area contributed by atoms with Crippen molar-refractivity contribution in [3.63, 3.8) is 0 Å². The van der Waals surface area contributed by atoms with Crippen molar-refractivity contribution in [1.29, 1.82) is 0 Å². The Morgan fingerprint density at radius 2 is 2.00 bits per heavy atom. The first-order chi connectivity index (χ1) is 11.0. The highest BCUT2D eigenvalue weighted by atomic mass is 16.2. The van der Waals surface area contributed by atoms with Crippen LogP contribution in [0.5, 0.6) is 0 Å². The number of benzene rings is 1. The number of likely N-dealkylation sites (tertiary alicyclic amines) is 1. The van der Waals surface area contributed by atoms with Gasteiger partial charge in [0.05, 0.1) is 6.54 Å². The number of likely N-dealkylation sites (N-methyl/N-ethyl adjacent to an activating group) is 3. The van der Waals surface area contributed by atoms with Gasteiger partial charge in [0.25, 0.3) is 5.91 Å². The van der Waals surface area contributed by atoms with Gasteiger partial charge in [-0.1, -0.05) is 0 Å². The summed E-state index contributed by atoms with van der Waals surface area (Å²) in [5.74, 6) is -0.0765. The van der Waals surface area contributed by atoms with Crippen LogP contribution in [0.1, 0.15) is 23.2 Å². The highest BCUT2D eigenvalue weighted by Gasteiger charge is 2.25. The fraction of sp³-hybridized carbons (Fsp3) is 0.529. The number of anilines is 1. The molecule has 0 unspecified atom stereocenters. The van der Waals surface area contributed by atoms with E-state index in [0.29, 0.717) is 11.3 Å². The minimum Gasteiger partial charge on any atom is -0.337 e. The van der Waals surface area contributed by atoms with Crippen molar-refractivity contribution >= 4 is 17.5 Å². The first-order valence-corrected chi connectivity index (χ1v) is 8.01. The van der Waals surface area contributed by atoms with Crippen LogP contribution in [0, 0.1) is 0 Å². The summed E-state index contributed by atoms with van der Waals surface area (Å²) in [6, 6.07) is 7.32. The van der Waals surface area contributed by atoms with Crippen LogP contribution in [0.15, 0.2) is 24.3 Å². The van der Waals surface area contributed by atoms with Gasteiger partial charge < -0.3 is 20.4 Å². The molecule has 1 atom stereocenters. The lowest BCUT2D eigenvalue weighted by molar-refractivity contribution is -0.115. The van der Waals surface area contributed by atoms with Gasteiger partial charge in [0.1, 0.15) is 0 Å². The van der Waals surface area contributed by atoms with Crippen molar-refractivity contribution in [2.45, 2.75) is 18.9 Å². The number of rotatable bonds is 5. The molecule has 1 aromatic carbocycles. The van der Waals surface area contributed by atoms with E-state index in [2.05, 4.69) is 22.6 Å². The summed E-state index contributed by atoms with van der Waals surface area (Å²) in [6.07, 6.45) is 2.17. The molecule has 2 N–H and O–H groups in total. The SMILES string of the molecule is CNCC(=O)Nc1ccc(C(=O)N(C)[C@@H]2CCCN(C)C2)cc1. The lowest BCUT2D eigenvalue weighted by atomic mass is 10.0. The predicted octanol–water partition coefficient (Wildman–Crippen LogP) is 1.01. The van der Waals surface area contributed by atoms with Crippen LogP contribution in [-0.4, -0.2) is 68.4 Å². The van der Waals surface area contributed by atoms with E-state index in [1.54, 1.807) is 31.3 Å². The molecule has 1 saturated heterocycles. The molecule has 1 aliphatic heterocycles. The maximum atomic E-state index is 12.6. The minimum absolute atomic E-state index is 0.0263.